The summed E-state index contributed by atoms with van der Waals surface area (Å²) >= 11 is 0. The molecule has 0 radical (unpaired) electrons. The molecule has 1 aliphatic heterocycles. The van der Waals surface area contributed by atoms with E-state index in [0.717, 1.165) is 25.1 Å². The largest absolute Gasteiger partial charge is 0.481 e. The molecule has 0 spiro atoms. The summed E-state index contributed by atoms with van der Waals surface area (Å²) in [7, 11) is 0. The summed E-state index contributed by atoms with van der Waals surface area (Å²) in [5.74, 6) is -0.456. The molecule has 3 nitrogen and oxygen atoms in total. The molecule has 0 saturated heterocycles. The highest BCUT2D eigenvalue weighted by molar-refractivity contribution is 5.67. The highest BCUT2D eigenvalue weighted by Crippen LogP contribution is 2.24. The Labute approximate surface area is 89.1 Å². The average molecular weight is 205 g/mol. The van der Waals surface area contributed by atoms with Crippen molar-refractivity contribution in [3.63, 3.8) is 0 Å². The van der Waals surface area contributed by atoms with Gasteiger partial charge in [-0.2, -0.15) is 0 Å². The monoisotopic (exact) mass is 205 g/mol. The van der Waals surface area contributed by atoms with Crippen molar-refractivity contribution in [2.45, 2.75) is 19.3 Å². The zero-order chi connectivity index (χ0) is 10.7. The average Bonchev–Trinajstić information content (AvgIpc) is 2.41. The van der Waals surface area contributed by atoms with Gasteiger partial charge in [-0.1, -0.05) is 18.2 Å². The van der Waals surface area contributed by atoms with E-state index in [1.54, 1.807) is 0 Å². The zero-order valence-corrected chi connectivity index (χ0v) is 8.57. The van der Waals surface area contributed by atoms with Gasteiger partial charge in [-0.05, 0) is 30.4 Å². The lowest BCUT2D eigenvalue weighted by Gasteiger charge is -2.11. The molecular weight excluding hydrogens is 190 g/mol. The number of nitrogens with one attached hydrogen (secondary N) is 1. The van der Waals surface area contributed by atoms with Gasteiger partial charge in [-0.25, -0.2) is 0 Å². The number of carbonyl (C=O) groups is 1. The Kier molecular flexibility index (Phi) is 2.90. The molecule has 0 saturated carbocycles. The van der Waals surface area contributed by atoms with Crippen LogP contribution in [0.25, 0.3) is 0 Å². The Bertz CT molecular complexity index is 335. The topological polar surface area (TPSA) is 49.3 Å². The molecule has 1 unspecified atom stereocenters. The second kappa shape index (κ2) is 4.34. The number of fused-ring (bicyclic) bond motifs is 1. The Balaban J connectivity index is 2.05. The van der Waals surface area contributed by atoms with Gasteiger partial charge < -0.3 is 10.4 Å². The van der Waals surface area contributed by atoms with Crippen LogP contribution < -0.4 is 5.32 Å². The van der Waals surface area contributed by atoms with Crippen molar-refractivity contribution in [2.24, 2.45) is 5.92 Å². The number of rotatable bonds is 2. The van der Waals surface area contributed by atoms with Crippen LogP contribution in [0, 0.1) is 5.92 Å². The standard InChI is InChI=1S/C12H15NO2/c14-12(15)7-9-5-6-10-3-1-2-4-11(10)13-8-9/h1-4,9,13H,5-8H2,(H,14,15). The second-order valence-corrected chi connectivity index (χ2v) is 4.04. The van der Waals surface area contributed by atoms with Crippen LogP contribution in [0.1, 0.15) is 18.4 Å². The van der Waals surface area contributed by atoms with Gasteiger partial charge in [-0.15, -0.1) is 0 Å². The molecule has 3 heteroatoms. The highest BCUT2D eigenvalue weighted by Gasteiger charge is 2.17. The molecule has 1 aromatic rings. The van der Waals surface area contributed by atoms with Gasteiger partial charge in [0.2, 0.25) is 0 Å². The molecule has 1 aliphatic rings. The normalized spacial score (nSPS) is 19.9. The summed E-state index contributed by atoms with van der Waals surface area (Å²) < 4.78 is 0. The molecule has 1 aromatic carbocycles. The Morgan fingerprint density at radius 2 is 2.27 bits per heavy atom. The number of para-hydroxylation sites is 1. The molecule has 1 atom stereocenters. The van der Waals surface area contributed by atoms with E-state index in [1.165, 1.54) is 5.56 Å². The summed E-state index contributed by atoms with van der Waals surface area (Å²) in [4.78, 5) is 10.6. The Morgan fingerprint density at radius 3 is 3.07 bits per heavy atom. The van der Waals surface area contributed by atoms with Crippen LogP contribution in [-0.2, 0) is 11.2 Å². The van der Waals surface area contributed by atoms with Crippen LogP contribution in [0.3, 0.4) is 0 Å². The van der Waals surface area contributed by atoms with E-state index in [2.05, 4.69) is 17.4 Å². The minimum absolute atomic E-state index is 0.245. The van der Waals surface area contributed by atoms with Gasteiger partial charge in [0.15, 0.2) is 0 Å². The van der Waals surface area contributed by atoms with Crippen molar-refractivity contribution in [3.05, 3.63) is 29.8 Å². The number of hydrogen-bond acceptors (Lipinski definition) is 2. The number of carboxylic acids is 1. The molecule has 2 N–H and O–H groups in total. The Hall–Kier alpha value is -1.51. The van der Waals surface area contributed by atoms with Crippen molar-refractivity contribution >= 4 is 11.7 Å². The molecule has 0 bridgehead atoms. The predicted molar refractivity (Wildman–Crippen MR) is 59.0 cm³/mol. The smallest absolute Gasteiger partial charge is 0.303 e. The molecule has 0 aromatic heterocycles. The van der Waals surface area contributed by atoms with Crippen molar-refractivity contribution < 1.29 is 9.90 Å². The van der Waals surface area contributed by atoms with Crippen molar-refractivity contribution in [1.29, 1.82) is 0 Å². The first kappa shape index (κ1) is 10.0. The van der Waals surface area contributed by atoms with Crippen LogP contribution in [0.15, 0.2) is 24.3 Å². The zero-order valence-electron chi connectivity index (χ0n) is 8.57. The maximum Gasteiger partial charge on any atom is 0.303 e. The second-order valence-electron chi connectivity index (χ2n) is 4.04. The number of anilines is 1. The van der Waals surface area contributed by atoms with Gasteiger partial charge in [0, 0.05) is 18.7 Å². The fourth-order valence-corrected chi connectivity index (χ4v) is 2.05. The van der Waals surface area contributed by atoms with Gasteiger partial charge in [-0.3, -0.25) is 4.79 Å². The van der Waals surface area contributed by atoms with Gasteiger partial charge >= 0.3 is 5.97 Å². The van der Waals surface area contributed by atoms with Gasteiger partial charge in [0.1, 0.15) is 0 Å². The number of hydrogen-bond donors (Lipinski definition) is 2. The summed E-state index contributed by atoms with van der Waals surface area (Å²) in [5.41, 5.74) is 2.45. The molecule has 0 amide bonds. The van der Waals surface area contributed by atoms with E-state index in [9.17, 15) is 4.79 Å². The quantitative estimate of drug-likeness (QED) is 0.777. The van der Waals surface area contributed by atoms with Gasteiger partial charge in [0.05, 0.1) is 0 Å². The molecule has 0 aliphatic carbocycles. The Morgan fingerprint density at radius 1 is 1.47 bits per heavy atom. The van der Waals surface area contributed by atoms with Crippen LogP contribution in [0.2, 0.25) is 0 Å². The van der Waals surface area contributed by atoms with Crippen LogP contribution in [0.5, 0.6) is 0 Å². The van der Waals surface area contributed by atoms with Gasteiger partial charge in [0.25, 0.3) is 0 Å². The summed E-state index contributed by atoms with van der Waals surface area (Å²) in [6, 6.07) is 8.19. The van der Waals surface area contributed by atoms with Crippen LogP contribution >= 0.6 is 0 Å². The number of benzene rings is 1. The van der Waals surface area contributed by atoms with Crippen molar-refractivity contribution in [3.8, 4) is 0 Å². The lowest BCUT2D eigenvalue weighted by molar-refractivity contribution is -0.138. The maximum atomic E-state index is 10.6. The SMILES string of the molecule is O=C(O)CC1CCc2ccccc2NC1. The first-order valence-electron chi connectivity index (χ1n) is 5.29. The molecule has 15 heavy (non-hydrogen) atoms. The number of aliphatic carboxylic acids is 1. The minimum atomic E-state index is -0.701. The van der Waals surface area contributed by atoms with Crippen LogP contribution in [-0.4, -0.2) is 17.6 Å². The molecular formula is C12H15NO2. The van der Waals surface area contributed by atoms with E-state index in [-0.39, 0.29) is 12.3 Å². The van der Waals surface area contributed by atoms with Crippen molar-refractivity contribution in [2.75, 3.05) is 11.9 Å². The first-order chi connectivity index (χ1) is 7.25. The summed E-state index contributed by atoms with van der Waals surface area (Å²) in [5, 5.41) is 12.1. The van der Waals surface area contributed by atoms with Crippen LogP contribution in [0.4, 0.5) is 5.69 Å². The minimum Gasteiger partial charge on any atom is -0.481 e. The third kappa shape index (κ3) is 2.49. The van der Waals surface area contributed by atoms with E-state index in [1.807, 2.05) is 12.1 Å². The van der Waals surface area contributed by atoms with E-state index >= 15 is 0 Å². The summed E-state index contributed by atoms with van der Waals surface area (Å²) in [6.45, 7) is 0.767. The third-order valence-electron chi connectivity index (χ3n) is 2.88. The maximum absolute atomic E-state index is 10.6. The van der Waals surface area contributed by atoms with E-state index in [0.29, 0.717) is 0 Å². The number of aryl methyl sites for hydroxylation is 1. The van der Waals surface area contributed by atoms with E-state index < -0.39 is 5.97 Å². The molecule has 1 heterocycles. The third-order valence-corrected chi connectivity index (χ3v) is 2.88. The lowest BCUT2D eigenvalue weighted by Crippen LogP contribution is -2.16. The molecule has 0 fully saturated rings. The summed E-state index contributed by atoms with van der Waals surface area (Å²) in [6.07, 6.45) is 2.19. The highest BCUT2D eigenvalue weighted by atomic mass is 16.4. The predicted octanol–water partition coefficient (Wildman–Crippen LogP) is 2.14. The molecule has 80 valence electrons. The first-order valence-corrected chi connectivity index (χ1v) is 5.29. The fourth-order valence-electron chi connectivity index (χ4n) is 2.05. The fraction of sp³-hybridized carbons (Fsp3) is 0.417. The van der Waals surface area contributed by atoms with E-state index in [4.69, 9.17) is 5.11 Å². The number of carboxylic acid groups (broad SMARTS) is 1. The molecule has 2 rings (SSSR count). The lowest BCUT2D eigenvalue weighted by atomic mass is 9.98. The van der Waals surface area contributed by atoms with Crippen molar-refractivity contribution in [1.82, 2.24) is 0 Å².